The van der Waals surface area contributed by atoms with Crippen LogP contribution in [0.5, 0.6) is 5.75 Å². The molecule has 0 saturated carbocycles. The molecule has 0 bridgehead atoms. The first-order valence-corrected chi connectivity index (χ1v) is 8.41. The molecule has 1 aromatic rings. The van der Waals surface area contributed by atoms with Crippen molar-refractivity contribution in [3.05, 3.63) is 24.3 Å². The lowest BCUT2D eigenvalue weighted by Crippen LogP contribution is -2.39. The minimum Gasteiger partial charge on any atom is -0.491 e. The number of primary amides is 1. The van der Waals surface area contributed by atoms with E-state index >= 15 is 0 Å². The van der Waals surface area contributed by atoms with Gasteiger partial charge in [-0.25, -0.2) is 0 Å². The molecule has 1 aliphatic heterocycles. The first kappa shape index (κ1) is 16.6. The molecule has 0 spiro atoms. The second kappa shape index (κ2) is 8.65. The number of anilines is 1. The van der Waals surface area contributed by atoms with Crippen LogP contribution in [0.3, 0.4) is 0 Å². The van der Waals surface area contributed by atoms with Crippen molar-refractivity contribution >= 4 is 29.3 Å². The number of amides is 2. The molecule has 22 heavy (non-hydrogen) atoms. The van der Waals surface area contributed by atoms with E-state index in [0.29, 0.717) is 17.9 Å². The van der Waals surface area contributed by atoms with Gasteiger partial charge in [0.15, 0.2) is 0 Å². The monoisotopic (exact) mass is 323 g/mol. The fourth-order valence-corrected chi connectivity index (χ4v) is 3.08. The van der Waals surface area contributed by atoms with Gasteiger partial charge in [0.25, 0.3) is 0 Å². The highest BCUT2D eigenvalue weighted by Crippen LogP contribution is 2.24. The third-order valence-corrected chi connectivity index (χ3v) is 4.33. The number of ether oxygens (including phenoxy) is 1. The highest BCUT2D eigenvalue weighted by molar-refractivity contribution is 7.99. The predicted octanol–water partition coefficient (Wildman–Crippen LogP) is 0.974. The van der Waals surface area contributed by atoms with Crippen LogP contribution in [0.1, 0.15) is 12.8 Å². The summed E-state index contributed by atoms with van der Waals surface area (Å²) < 4.78 is 5.50. The number of hydrogen-bond acceptors (Lipinski definition) is 5. The molecule has 1 fully saturated rings. The Kier molecular flexibility index (Phi) is 6.54. The Bertz CT molecular complexity index is 519. The van der Waals surface area contributed by atoms with Gasteiger partial charge in [0.2, 0.25) is 11.8 Å². The highest BCUT2D eigenvalue weighted by Gasteiger charge is 2.17. The zero-order valence-electron chi connectivity index (χ0n) is 12.3. The maximum Gasteiger partial charge on any atom is 0.226 e. The summed E-state index contributed by atoms with van der Waals surface area (Å²) in [5.74, 6) is 2.12. The molecule has 0 aliphatic carbocycles. The molecule has 2 amide bonds. The van der Waals surface area contributed by atoms with Gasteiger partial charge in [-0.15, -0.1) is 0 Å². The fraction of sp³-hybridized carbons (Fsp3) is 0.467. The second-order valence-corrected chi connectivity index (χ2v) is 6.19. The van der Waals surface area contributed by atoms with Crippen molar-refractivity contribution in [2.24, 2.45) is 5.73 Å². The molecule has 6 nitrogen and oxygen atoms in total. The average molecular weight is 323 g/mol. The summed E-state index contributed by atoms with van der Waals surface area (Å²) in [5.41, 5.74) is 5.69. The topological polar surface area (TPSA) is 93.5 Å². The summed E-state index contributed by atoms with van der Waals surface area (Å²) in [7, 11) is 0. The van der Waals surface area contributed by atoms with Gasteiger partial charge in [-0.05, 0) is 12.1 Å². The van der Waals surface area contributed by atoms with Gasteiger partial charge in [-0.1, -0.05) is 12.1 Å². The Morgan fingerprint density at radius 2 is 2.23 bits per heavy atom. The summed E-state index contributed by atoms with van der Waals surface area (Å²) in [6.07, 6.45) is 0.577. The van der Waals surface area contributed by atoms with Crippen LogP contribution >= 0.6 is 11.8 Å². The Hall–Kier alpha value is -1.73. The van der Waals surface area contributed by atoms with E-state index < -0.39 is 5.91 Å². The van der Waals surface area contributed by atoms with Gasteiger partial charge in [0, 0.05) is 30.5 Å². The van der Waals surface area contributed by atoms with E-state index in [9.17, 15) is 9.59 Å². The summed E-state index contributed by atoms with van der Waals surface area (Å²) in [4.78, 5) is 22.9. The van der Waals surface area contributed by atoms with E-state index in [2.05, 4.69) is 10.6 Å². The standard InChI is InChI=1S/C15H21N3O3S/c16-14(19)5-7-21-13-4-2-1-3-12(13)18-15(20)9-11-10-22-8-6-17-11/h1-4,11,17H,5-10H2,(H2,16,19)(H,18,20). The number of carbonyl (C=O) groups is 2. The molecule has 1 unspecified atom stereocenters. The van der Waals surface area contributed by atoms with Gasteiger partial charge in [-0.2, -0.15) is 11.8 Å². The van der Waals surface area contributed by atoms with Crippen LogP contribution in [0.2, 0.25) is 0 Å². The zero-order valence-corrected chi connectivity index (χ0v) is 13.2. The molecular weight excluding hydrogens is 302 g/mol. The van der Waals surface area contributed by atoms with E-state index in [4.69, 9.17) is 10.5 Å². The largest absolute Gasteiger partial charge is 0.491 e. The Morgan fingerprint density at radius 3 is 2.95 bits per heavy atom. The van der Waals surface area contributed by atoms with Crippen LogP contribution in [0.4, 0.5) is 5.69 Å². The normalized spacial score (nSPS) is 17.7. The number of carbonyl (C=O) groups excluding carboxylic acids is 2. The van der Waals surface area contributed by atoms with Crippen LogP contribution in [0.15, 0.2) is 24.3 Å². The number of benzene rings is 1. The molecule has 7 heteroatoms. The SMILES string of the molecule is NC(=O)CCOc1ccccc1NC(=O)CC1CSCCN1. The fourth-order valence-electron chi connectivity index (χ4n) is 2.13. The molecule has 1 saturated heterocycles. The van der Waals surface area contributed by atoms with Crippen molar-refractivity contribution in [2.45, 2.75) is 18.9 Å². The lowest BCUT2D eigenvalue weighted by molar-refractivity contribution is -0.118. The molecule has 1 aliphatic rings. The molecule has 0 aromatic heterocycles. The molecule has 120 valence electrons. The second-order valence-electron chi connectivity index (χ2n) is 5.04. The van der Waals surface area contributed by atoms with Crippen molar-refractivity contribution in [1.29, 1.82) is 0 Å². The van der Waals surface area contributed by atoms with Crippen LogP contribution in [0, 0.1) is 0 Å². The highest BCUT2D eigenvalue weighted by atomic mass is 32.2. The lowest BCUT2D eigenvalue weighted by Gasteiger charge is -2.22. The predicted molar refractivity (Wildman–Crippen MR) is 88.1 cm³/mol. The number of nitrogens with two attached hydrogens (primary N) is 1. The minimum absolute atomic E-state index is 0.0500. The Morgan fingerprint density at radius 1 is 1.41 bits per heavy atom. The maximum absolute atomic E-state index is 12.1. The number of rotatable bonds is 7. The first-order valence-electron chi connectivity index (χ1n) is 7.26. The molecule has 0 radical (unpaired) electrons. The third-order valence-electron chi connectivity index (χ3n) is 3.20. The average Bonchev–Trinajstić information content (AvgIpc) is 2.49. The molecule has 1 aromatic carbocycles. The van der Waals surface area contributed by atoms with E-state index in [1.54, 1.807) is 12.1 Å². The summed E-state index contributed by atoms with van der Waals surface area (Å²) in [5, 5.41) is 6.20. The quantitative estimate of drug-likeness (QED) is 0.695. The van der Waals surface area contributed by atoms with Gasteiger partial charge in [0.1, 0.15) is 5.75 Å². The van der Waals surface area contributed by atoms with Crippen LogP contribution in [0.25, 0.3) is 0 Å². The van der Waals surface area contributed by atoms with E-state index in [1.807, 2.05) is 23.9 Å². The van der Waals surface area contributed by atoms with Crippen LogP contribution in [-0.4, -0.2) is 42.5 Å². The first-order chi connectivity index (χ1) is 10.6. The number of thioether (sulfide) groups is 1. The molecule has 1 atom stereocenters. The Labute approximate surface area is 134 Å². The third kappa shape index (κ3) is 5.57. The van der Waals surface area contributed by atoms with Crippen molar-refractivity contribution in [3.8, 4) is 5.75 Å². The molecule has 2 rings (SSSR count). The summed E-state index contributed by atoms with van der Waals surface area (Å²) in [6, 6.07) is 7.38. The Balaban J connectivity index is 1.87. The number of nitrogens with one attached hydrogen (secondary N) is 2. The molecular formula is C15H21N3O3S. The van der Waals surface area contributed by atoms with E-state index in [-0.39, 0.29) is 25.0 Å². The van der Waals surface area contributed by atoms with Crippen molar-refractivity contribution < 1.29 is 14.3 Å². The number of hydrogen-bond donors (Lipinski definition) is 3. The van der Waals surface area contributed by atoms with Gasteiger partial charge in [-0.3, -0.25) is 9.59 Å². The minimum atomic E-state index is -0.414. The van der Waals surface area contributed by atoms with Crippen molar-refractivity contribution in [2.75, 3.05) is 30.0 Å². The van der Waals surface area contributed by atoms with Gasteiger partial charge < -0.3 is 21.1 Å². The van der Waals surface area contributed by atoms with Crippen molar-refractivity contribution in [1.82, 2.24) is 5.32 Å². The van der Waals surface area contributed by atoms with Crippen LogP contribution in [-0.2, 0) is 9.59 Å². The zero-order chi connectivity index (χ0) is 15.8. The van der Waals surface area contributed by atoms with E-state index in [1.165, 1.54) is 0 Å². The van der Waals surface area contributed by atoms with E-state index in [0.717, 1.165) is 18.1 Å². The summed E-state index contributed by atoms with van der Waals surface area (Å²) >= 11 is 1.86. The van der Waals surface area contributed by atoms with Gasteiger partial charge >= 0.3 is 0 Å². The maximum atomic E-state index is 12.1. The molecule has 1 heterocycles. The molecule has 4 N–H and O–H groups in total. The van der Waals surface area contributed by atoms with Crippen molar-refractivity contribution in [3.63, 3.8) is 0 Å². The summed E-state index contributed by atoms with van der Waals surface area (Å²) in [6.45, 7) is 1.14. The lowest BCUT2D eigenvalue weighted by atomic mass is 10.2. The smallest absolute Gasteiger partial charge is 0.226 e. The van der Waals surface area contributed by atoms with Gasteiger partial charge in [0.05, 0.1) is 18.7 Å². The van der Waals surface area contributed by atoms with Crippen LogP contribution < -0.4 is 21.1 Å². The number of para-hydroxylation sites is 2.